The predicted octanol–water partition coefficient (Wildman–Crippen LogP) is 1.33. The summed E-state index contributed by atoms with van der Waals surface area (Å²) in [6.07, 6.45) is 2.31. The van der Waals surface area contributed by atoms with Crippen LogP contribution in [0.3, 0.4) is 0 Å². The van der Waals surface area contributed by atoms with E-state index >= 15 is 0 Å². The maximum Gasteiger partial charge on any atom is 0.274 e. The molecule has 1 aromatic rings. The number of amides is 1. The van der Waals surface area contributed by atoms with E-state index in [9.17, 15) is 4.79 Å². The number of nitrogens with zero attached hydrogens (tertiary/aromatic N) is 2. The number of unbranched alkanes of at least 4 members (excludes halogenated alkanes) is 1. The van der Waals surface area contributed by atoms with Gasteiger partial charge in [-0.3, -0.25) is 4.79 Å². The second-order valence-corrected chi connectivity index (χ2v) is 5.23. The molecule has 0 aliphatic carbocycles. The number of nitrogens with one attached hydrogen (secondary N) is 1. The molecule has 1 atom stereocenters. The summed E-state index contributed by atoms with van der Waals surface area (Å²) in [5.74, 6) is 0.0743. The van der Waals surface area contributed by atoms with Crippen molar-refractivity contribution in [1.82, 2.24) is 15.4 Å². The van der Waals surface area contributed by atoms with E-state index in [0.29, 0.717) is 11.3 Å². The second-order valence-electron chi connectivity index (χ2n) is 5.23. The van der Waals surface area contributed by atoms with Gasteiger partial charge in [0.15, 0.2) is 11.5 Å². The number of aromatic nitrogens is 1. The Kier molecular flexibility index (Phi) is 6.67. The topological polar surface area (TPSA) is 78.6 Å². The lowest BCUT2D eigenvalue weighted by Gasteiger charge is -2.21. The minimum absolute atomic E-state index is 0.0260. The number of hydrogen-bond donors (Lipinski definition) is 2. The minimum atomic E-state index is -0.262. The summed E-state index contributed by atoms with van der Waals surface area (Å²) in [7, 11) is 2.05. The first-order valence-electron chi connectivity index (χ1n) is 7.05. The van der Waals surface area contributed by atoms with Crippen LogP contribution in [0.25, 0.3) is 0 Å². The van der Waals surface area contributed by atoms with Gasteiger partial charge in [-0.2, -0.15) is 0 Å². The number of aliphatic hydroxyl groups excluding tert-OH is 1. The molecule has 0 saturated heterocycles. The van der Waals surface area contributed by atoms with Gasteiger partial charge in [-0.1, -0.05) is 18.5 Å². The standard InChI is InChI=1S/C14H25N3O3/c1-5-6-7-17(4)8-10(2)15-14(19)13-11(3)12(9-18)20-16-13/h10,18H,5-9H2,1-4H3,(H,15,19). The molecule has 0 aliphatic rings. The van der Waals surface area contributed by atoms with Crippen molar-refractivity contribution in [3.63, 3.8) is 0 Å². The van der Waals surface area contributed by atoms with E-state index in [-0.39, 0.29) is 24.2 Å². The van der Waals surface area contributed by atoms with Crippen LogP contribution >= 0.6 is 0 Å². The lowest BCUT2D eigenvalue weighted by Crippen LogP contribution is -2.41. The molecule has 6 nitrogen and oxygen atoms in total. The van der Waals surface area contributed by atoms with E-state index in [1.54, 1.807) is 6.92 Å². The molecule has 0 spiro atoms. The van der Waals surface area contributed by atoms with Crippen LogP contribution in [0.1, 0.15) is 48.5 Å². The molecule has 6 heteroatoms. The average Bonchev–Trinajstić information content (AvgIpc) is 2.77. The van der Waals surface area contributed by atoms with E-state index in [1.807, 2.05) is 14.0 Å². The van der Waals surface area contributed by atoms with E-state index in [2.05, 4.69) is 22.3 Å². The highest BCUT2D eigenvalue weighted by Crippen LogP contribution is 2.12. The van der Waals surface area contributed by atoms with E-state index in [0.717, 1.165) is 25.9 Å². The zero-order chi connectivity index (χ0) is 15.1. The number of likely N-dealkylation sites (N-methyl/N-ethyl adjacent to an activating group) is 1. The van der Waals surface area contributed by atoms with Crippen molar-refractivity contribution in [2.45, 2.75) is 46.3 Å². The van der Waals surface area contributed by atoms with Gasteiger partial charge in [-0.25, -0.2) is 0 Å². The van der Waals surface area contributed by atoms with Crippen LogP contribution < -0.4 is 5.32 Å². The Morgan fingerprint density at radius 3 is 2.80 bits per heavy atom. The third-order valence-electron chi connectivity index (χ3n) is 3.24. The SMILES string of the molecule is CCCCN(C)CC(C)NC(=O)c1noc(CO)c1C. The van der Waals surface area contributed by atoms with Crippen molar-refractivity contribution in [3.8, 4) is 0 Å². The molecule has 20 heavy (non-hydrogen) atoms. The summed E-state index contributed by atoms with van der Waals surface area (Å²) in [6.45, 7) is 7.40. The molecular formula is C14H25N3O3. The van der Waals surface area contributed by atoms with Crippen molar-refractivity contribution in [1.29, 1.82) is 0 Å². The van der Waals surface area contributed by atoms with Crippen LogP contribution in [-0.2, 0) is 6.61 Å². The molecule has 0 saturated carbocycles. The third kappa shape index (κ3) is 4.61. The van der Waals surface area contributed by atoms with Gasteiger partial charge in [-0.15, -0.1) is 0 Å². The Hall–Kier alpha value is -1.40. The predicted molar refractivity (Wildman–Crippen MR) is 76.5 cm³/mol. The van der Waals surface area contributed by atoms with Gasteiger partial charge in [0.25, 0.3) is 5.91 Å². The number of rotatable bonds is 8. The maximum absolute atomic E-state index is 12.1. The van der Waals surface area contributed by atoms with Crippen LogP contribution in [0.4, 0.5) is 0 Å². The Morgan fingerprint density at radius 1 is 1.55 bits per heavy atom. The molecule has 0 radical (unpaired) electrons. The molecule has 114 valence electrons. The third-order valence-corrected chi connectivity index (χ3v) is 3.24. The first-order chi connectivity index (χ1) is 9.49. The maximum atomic E-state index is 12.1. The largest absolute Gasteiger partial charge is 0.388 e. The fraction of sp³-hybridized carbons (Fsp3) is 0.714. The quantitative estimate of drug-likeness (QED) is 0.752. The van der Waals surface area contributed by atoms with Crippen molar-refractivity contribution < 1.29 is 14.4 Å². The summed E-state index contributed by atoms with van der Waals surface area (Å²) >= 11 is 0. The Morgan fingerprint density at radius 2 is 2.25 bits per heavy atom. The monoisotopic (exact) mass is 283 g/mol. The van der Waals surface area contributed by atoms with Crippen molar-refractivity contribution in [2.75, 3.05) is 20.1 Å². The lowest BCUT2D eigenvalue weighted by molar-refractivity contribution is 0.0922. The fourth-order valence-electron chi connectivity index (χ4n) is 2.05. The Balaban J connectivity index is 2.50. The highest BCUT2D eigenvalue weighted by Gasteiger charge is 2.19. The zero-order valence-corrected chi connectivity index (χ0v) is 12.8. The molecule has 1 unspecified atom stereocenters. The molecule has 1 rings (SSSR count). The number of carbonyl (C=O) groups is 1. The van der Waals surface area contributed by atoms with Crippen molar-refractivity contribution >= 4 is 5.91 Å². The van der Waals surface area contributed by atoms with Gasteiger partial charge >= 0.3 is 0 Å². The average molecular weight is 283 g/mol. The molecular weight excluding hydrogens is 258 g/mol. The summed E-state index contributed by atoms with van der Waals surface area (Å²) in [4.78, 5) is 14.3. The van der Waals surface area contributed by atoms with Gasteiger partial charge < -0.3 is 19.8 Å². The summed E-state index contributed by atoms with van der Waals surface area (Å²) < 4.78 is 4.91. The van der Waals surface area contributed by atoms with Crippen LogP contribution in [0.5, 0.6) is 0 Å². The van der Waals surface area contributed by atoms with Crippen molar-refractivity contribution in [3.05, 3.63) is 17.0 Å². The molecule has 1 amide bonds. The molecule has 1 aromatic heterocycles. The minimum Gasteiger partial charge on any atom is -0.388 e. The summed E-state index contributed by atoms with van der Waals surface area (Å²) in [5, 5.41) is 15.6. The normalized spacial score (nSPS) is 12.7. The van der Waals surface area contributed by atoms with Crippen molar-refractivity contribution in [2.24, 2.45) is 0 Å². The van der Waals surface area contributed by atoms with Gasteiger partial charge in [0, 0.05) is 18.2 Å². The van der Waals surface area contributed by atoms with Gasteiger partial charge in [-0.05, 0) is 33.9 Å². The van der Waals surface area contributed by atoms with Crippen LogP contribution in [0, 0.1) is 6.92 Å². The molecule has 0 aromatic carbocycles. The first kappa shape index (κ1) is 16.7. The smallest absolute Gasteiger partial charge is 0.274 e. The fourth-order valence-corrected chi connectivity index (χ4v) is 2.05. The van der Waals surface area contributed by atoms with Crippen LogP contribution in [-0.4, -0.2) is 47.2 Å². The number of hydrogen-bond acceptors (Lipinski definition) is 5. The van der Waals surface area contributed by atoms with E-state index in [1.165, 1.54) is 0 Å². The summed E-state index contributed by atoms with van der Waals surface area (Å²) in [5.41, 5.74) is 0.841. The van der Waals surface area contributed by atoms with E-state index < -0.39 is 0 Å². The summed E-state index contributed by atoms with van der Waals surface area (Å²) in [6, 6.07) is 0.0260. The molecule has 1 heterocycles. The lowest BCUT2D eigenvalue weighted by atomic mass is 10.2. The molecule has 0 fully saturated rings. The Labute approximate surface area is 120 Å². The van der Waals surface area contributed by atoms with Crippen LogP contribution in [0.2, 0.25) is 0 Å². The first-order valence-corrected chi connectivity index (χ1v) is 7.05. The van der Waals surface area contributed by atoms with Crippen LogP contribution in [0.15, 0.2) is 4.52 Å². The number of carbonyl (C=O) groups excluding carboxylic acids is 1. The van der Waals surface area contributed by atoms with Gasteiger partial charge in [0.1, 0.15) is 6.61 Å². The number of aliphatic hydroxyl groups is 1. The second kappa shape index (κ2) is 8.01. The molecule has 0 aliphatic heterocycles. The molecule has 2 N–H and O–H groups in total. The van der Waals surface area contributed by atoms with Gasteiger partial charge in [0.2, 0.25) is 0 Å². The Bertz CT molecular complexity index is 431. The zero-order valence-electron chi connectivity index (χ0n) is 12.8. The van der Waals surface area contributed by atoms with E-state index in [4.69, 9.17) is 9.63 Å². The molecule has 0 bridgehead atoms. The van der Waals surface area contributed by atoms with Gasteiger partial charge in [0.05, 0.1) is 0 Å². The highest BCUT2D eigenvalue weighted by atomic mass is 16.5. The highest BCUT2D eigenvalue weighted by molar-refractivity contribution is 5.93.